The minimum absolute atomic E-state index is 0.0467. The molecule has 3 rings (SSSR count). The number of hydrogen-bond donors (Lipinski definition) is 1. The maximum Gasteiger partial charge on any atom is 0.255 e. The van der Waals surface area contributed by atoms with Crippen molar-refractivity contribution in [3.05, 3.63) is 71.2 Å². The maximum atomic E-state index is 12.6. The Balaban J connectivity index is 1.90. The van der Waals surface area contributed by atoms with Gasteiger partial charge in [0.25, 0.3) is 5.91 Å². The number of nitrogens with zero attached hydrogens (tertiary/aromatic N) is 2. The van der Waals surface area contributed by atoms with Gasteiger partial charge in [-0.2, -0.15) is 0 Å². The fraction of sp³-hybridized carbons (Fsp3) is 0.222. The lowest BCUT2D eigenvalue weighted by Crippen LogP contribution is -2.26. The normalized spacial score (nSPS) is 12.3. The summed E-state index contributed by atoms with van der Waals surface area (Å²) >= 11 is 0. The summed E-state index contributed by atoms with van der Waals surface area (Å²) < 4.78 is 1.94. The second kappa shape index (κ2) is 5.64. The zero-order valence-electron chi connectivity index (χ0n) is 13.0. The molecule has 0 saturated carbocycles. The number of nitrogens with one attached hydrogen (secondary N) is 1. The van der Waals surface area contributed by atoms with Crippen molar-refractivity contribution in [2.45, 2.75) is 26.8 Å². The molecule has 22 heavy (non-hydrogen) atoms. The van der Waals surface area contributed by atoms with Gasteiger partial charge in [-0.05, 0) is 38.5 Å². The monoisotopic (exact) mass is 293 g/mol. The van der Waals surface area contributed by atoms with E-state index in [0.717, 1.165) is 17.0 Å². The van der Waals surface area contributed by atoms with Crippen molar-refractivity contribution in [1.82, 2.24) is 14.7 Å². The van der Waals surface area contributed by atoms with Gasteiger partial charge in [-0.1, -0.05) is 30.3 Å². The molecular formula is C18H19N3O. The van der Waals surface area contributed by atoms with E-state index in [-0.39, 0.29) is 11.9 Å². The summed E-state index contributed by atoms with van der Waals surface area (Å²) in [5.74, 6) is -0.101. The lowest BCUT2D eigenvalue weighted by molar-refractivity contribution is 0.0941. The first-order valence-electron chi connectivity index (χ1n) is 7.37. The first-order chi connectivity index (χ1) is 10.6. The van der Waals surface area contributed by atoms with Gasteiger partial charge in [-0.25, -0.2) is 4.98 Å². The molecule has 4 heteroatoms. The molecule has 0 aliphatic heterocycles. The lowest BCUT2D eigenvalue weighted by Gasteiger charge is -2.14. The Morgan fingerprint density at radius 1 is 1.18 bits per heavy atom. The van der Waals surface area contributed by atoms with Gasteiger partial charge < -0.3 is 9.72 Å². The molecule has 3 aromatic rings. The molecule has 0 aliphatic rings. The van der Waals surface area contributed by atoms with Crippen molar-refractivity contribution in [3.63, 3.8) is 0 Å². The first-order valence-corrected chi connectivity index (χ1v) is 7.37. The van der Waals surface area contributed by atoms with E-state index in [1.54, 1.807) is 0 Å². The standard InChI is InChI=1S/C18H19N3O/c1-12-11-13(2)21-10-9-16(17(21)19-12)18(22)20-14(3)15-7-5-4-6-8-15/h4-11,14H,1-3H3,(H,20,22). The molecule has 0 spiro atoms. The predicted molar refractivity (Wildman–Crippen MR) is 87.0 cm³/mol. The molecule has 2 heterocycles. The number of fused-ring (bicyclic) bond motifs is 1. The highest BCUT2D eigenvalue weighted by atomic mass is 16.1. The van der Waals surface area contributed by atoms with Crippen molar-refractivity contribution in [3.8, 4) is 0 Å². The molecule has 0 bridgehead atoms. The van der Waals surface area contributed by atoms with Crippen LogP contribution in [0, 0.1) is 13.8 Å². The largest absolute Gasteiger partial charge is 0.345 e. The lowest BCUT2D eigenvalue weighted by atomic mass is 10.1. The molecule has 1 atom stereocenters. The van der Waals surface area contributed by atoms with Crippen molar-refractivity contribution in [2.24, 2.45) is 0 Å². The summed E-state index contributed by atoms with van der Waals surface area (Å²) in [5, 5.41) is 3.04. The highest BCUT2D eigenvalue weighted by Crippen LogP contribution is 2.17. The Labute approximate surface area is 129 Å². The van der Waals surface area contributed by atoms with Gasteiger partial charge >= 0.3 is 0 Å². The van der Waals surface area contributed by atoms with Crippen molar-refractivity contribution in [1.29, 1.82) is 0 Å². The number of amides is 1. The molecule has 2 aromatic heterocycles. The summed E-state index contributed by atoms with van der Waals surface area (Å²) in [6.07, 6.45) is 1.89. The zero-order valence-corrected chi connectivity index (χ0v) is 13.0. The Morgan fingerprint density at radius 2 is 1.91 bits per heavy atom. The van der Waals surface area contributed by atoms with Crippen LogP contribution in [0.25, 0.3) is 5.65 Å². The number of rotatable bonds is 3. The molecule has 0 aliphatic carbocycles. The van der Waals surface area contributed by atoms with Gasteiger partial charge in [0.15, 0.2) is 0 Å². The van der Waals surface area contributed by atoms with Crippen LogP contribution < -0.4 is 5.32 Å². The van der Waals surface area contributed by atoms with Gasteiger partial charge in [0, 0.05) is 17.6 Å². The fourth-order valence-electron chi connectivity index (χ4n) is 2.67. The van der Waals surface area contributed by atoms with Gasteiger partial charge in [-0.15, -0.1) is 0 Å². The topological polar surface area (TPSA) is 46.4 Å². The van der Waals surface area contributed by atoms with E-state index in [0.29, 0.717) is 11.2 Å². The van der Waals surface area contributed by atoms with Crippen LogP contribution in [-0.2, 0) is 0 Å². The Kier molecular flexibility index (Phi) is 3.67. The number of aryl methyl sites for hydroxylation is 2. The number of carbonyl (C=O) groups excluding carboxylic acids is 1. The zero-order chi connectivity index (χ0) is 15.7. The van der Waals surface area contributed by atoms with Crippen LogP contribution in [0.15, 0.2) is 48.7 Å². The predicted octanol–water partition coefficient (Wildman–Crippen LogP) is 3.44. The third-order valence-electron chi connectivity index (χ3n) is 3.83. The van der Waals surface area contributed by atoms with E-state index < -0.39 is 0 Å². The van der Waals surface area contributed by atoms with Gasteiger partial charge in [0.1, 0.15) is 5.65 Å². The third kappa shape index (κ3) is 2.60. The molecule has 4 nitrogen and oxygen atoms in total. The fourth-order valence-corrected chi connectivity index (χ4v) is 2.67. The van der Waals surface area contributed by atoms with Crippen LogP contribution in [-0.4, -0.2) is 15.3 Å². The molecule has 0 saturated heterocycles. The third-order valence-corrected chi connectivity index (χ3v) is 3.83. The van der Waals surface area contributed by atoms with E-state index in [1.165, 1.54) is 0 Å². The molecule has 1 unspecified atom stereocenters. The molecule has 1 N–H and O–H groups in total. The Morgan fingerprint density at radius 3 is 2.64 bits per heavy atom. The molecule has 1 aromatic carbocycles. The first kappa shape index (κ1) is 14.3. The van der Waals surface area contributed by atoms with Crippen LogP contribution in [0.2, 0.25) is 0 Å². The van der Waals surface area contributed by atoms with E-state index in [4.69, 9.17) is 0 Å². The van der Waals surface area contributed by atoms with Gasteiger partial charge in [0.05, 0.1) is 11.6 Å². The summed E-state index contributed by atoms with van der Waals surface area (Å²) in [4.78, 5) is 17.1. The molecule has 112 valence electrons. The smallest absolute Gasteiger partial charge is 0.255 e. The van der Waals surface area contributed by atoms with Gasteiger partial charge in [-0.3, -0.25) is 4.79 Å². The summed E-state index contributed by atoms with van der Waals surface area (Å²) in [6.45, 7) is 5.93. The molecule has 0 radical (unpaired) electrons. The van der Waals surface area contributed by atoms with Crippen LogP contribution in [0.5, 0.6) is 0 Å². The van der Waals surface area contributed by atoms with E-state index >= 15 is 0 Å². The summed E-state index contributed by atoms with van der Waals surface area (Å²) in [7, 11) is 0. The highest BCUT2D eigenvalue weighted by molar-refractivity contribution is 6.00. The quantitative estimate of drug-likeness (QED) is 0.804. The number of aromatic nitrogens is 2. The van der Waals surface area contributed by atoms with Crippen molar-refractivity contribution in [2.75, 3.05) is 0 Å². The second-order valence-electron chi connectivity index (χ2n) is 5.57. The average Bonchev–Trinajstić information content (AvgIpc) is 2.92. The van der Waals surface area contributed by atoms with Crippen molar-refractivity contribution >= 4 is 11.6 Å². The van der Waals surface area contributed by atoms with E-state index in [2.05, 4.69) is 10.3 Å². The highest BCUT2D eigenvalue weighted by Gasteiger charge is 2.16. The van der Waals surface area contributed by atoms with Crippen LogP contribution in [0.4, 0.5) is 0 Å². The Bertz CT molecular complexity index is 821. The second-order valence-corrected chi connectivity index (χ2v) is 5.57. The number of benzene rings is 1. The molecule has 0 fully saturated rings. The van der Waals surface area contributed by atoms with Crippen LogP contribution in [0.1, 0.15) is 40.3 Å². The summed E-state index contributed by atoms with van der Waals surface area (Å²) in [6, 6.07) is 13.7. The minimum atomic E-state index is -0.101. The van der Waals surface area contributed by atoms with Crippen LogP contribution in [0.3, 0.4) is 0 Å². The van der Waals surface area contributed by atoms with Gasteiger partial charge in [0.2, 0.25) is 0 Å². The van der Waals surface area contributed by atoms with E-state index in [9.17, 15) is 4.79 Å². The Hall–Kier alpha value is -2.62. The van der Waals surface area contributed by atoms with Crippen molar-refractivity contribution < 1.29 is 4.79 Å². The molecular weight excluding hydrogens is 274 g/mol. The average molecular weight is 293 g/mol. The maximum absolute atomic E-state index is 12.6. The molecule has 1 amide bonds. The minimum Gasteiger partial charge on any atom is -0.345 e. The van der Waals surface area contributed by atoms with Crippen LogP contribution >= 0.6 is 0 Å². The SMILES string of the molecule is Cc1cc(C)n2ccc(C(=O)NC(C)c3ccccc3)c2n1. The summed E-state index contributed by atoms with van der Waals surface area (Å²) in [5.41, 5.74) is 4.37. The number of carbonyl (C=O) groups is 1. The van der Waals surface area contributed by atoms with E-state index in [1.807, 2.05) is 73.8 Å². The number of hydrogen-bond acceptors (Lipinski definition) is 2.